The highest BCUT2D eigenvalue weighted by Crippen LogP contribution is 2.35. The molecule has 3 aliphatic rings. The number of hydrogen-bond donors (Lipinski definition) is 2. The van der Waals surface area contributed by atoms with Gasteiger partial charge in [0.15, 0.2) is 0 Å². The number of hydrogen-bond acceptors (Lipinski definition) is 8. The van der Waals surface area contributed by atoms with E-state index in [9.17, 15) is 4.79 Å². The van der Waals surface area contributed by atoms with Crippen LogP contribution in [0.3, 0.4) is 0 Å². The highest BCUT2D eigenvalue weighted by molar-refractivity contribution is 5.83. The summed E-state index contributed by atoms with van der Waals surface area (Å²) >= 11 is 0. The second-order valence-electron chi connectivity index (χ2n) is 12.5. The lowest BCUT2D eigenvalue weighted by Crippen LogP contribution is -2.30. The number of pyridine rings is 1. The summed E-state index contributed by atoms with van der Waals surface area (Å²) in [4.78, 5) is 28.6. The van der Waals surface area contributed by atoms with Crippen LogP contribution in [0.4, 0.5) is 17.3 Å². The normalized spacial score (nSPS) is 21.9. The van der Waals surface area contributed by atoms with Gasteiger partial charge < -0.3 is 25.2 Å². The minimum absolute atomic E-state index is 0.0130. The van der Waals surface area contributed by atoms with E-state index in [4.69, 9.17) is 9.72 Å². The zero-order valence-electron chi connectivity index (χ0n) is 25.1. The summed E-state index contributed by atoms with van der Waals surface area (Å²) in [6, 6.07) is 19.1. The minimum atomic E-state index is -0.0619. The second kappa shape index (κ2) is 12.1. The fraction of sp³-hybridized carbons (Fsp3) is 0.441. The Morgan fingerprint density at radius 1 is 0.884 bits per heavy atom. The molecule has 9 heteroatoms. The van der Waals surface area contributed by atoms with Crippen LogP contribution in [0.25, 0.3) is 22.2 Å². The molecular weight excluding hydrogens is 538 g/mol. The van der Waals surface area contributed by atoms with E-state index in [1.54, 1.807) is 0 Å². The van der Waals surface area contributed by atoms with Crippen LogP contribution >= 0.6 is 0 Å². The van der Waals surface area contributed by atoms with E-state index in [1.807, 2.05) is 35.0 Å². The largest absolute Gasteiger partial charge is 0.381 e. The Hall–Kier alpha value is -3.79. The first-order valence-electron chi connectivity index (χ1n) is 15.6. The van der Waals surface area contributed by atoms with E-state index in [2.05, 4.69) is 69.8 Å². The van der Waals surface area contributed by atoms with Gasteiger partial charge in [0.25, 0.3) is 5.56 Å². The molecule has 2 N–H and O–H groups in total. The molecule has 2 atom stereocenters. The monoisotopic (exact) mass is 579 g/mol. The van der Waals surface area contributed by atoms with Gasteiger partial charge in [-0.15, -0.1) is 0 Å². The van der Waals surface area contributed by atoms with Crippen molar-refractivity contribution in [3.8, 4) is 11.1 Å². The molecule has 3 fully saturated rings. The first-order valence-corrected chi connectivity index (χ1v) is 15.6. The van der Waals surface area contributed by atoms with Gasteiger partial charge in [-0.3, -0.25) is 9.36 Å². The van der Waals surface area contributed by atoms with Gasteiger partial charge in [0.05, 0.1) is 12.6 Å². The van der Waals surface area contributed by atoms with E-state index in [0.29, 0.717) is 36.8 Å². The van der Waals surface area contributed by atoms with Crippen LogP contribution in [-0.4, -0.2) is 83.9 Å². The molecule has 0 bridgehead atoms. The molecule has 0 spiro atoms. The molecule has 3 aliphatic heterocycles. The predicted octanol–water partition coefficient (Wildman–Crippen LogP) is 5.09. The van der Waals surface area contributed by atoms with Gasteiger partial charge in [-0.1, -0.05) is 24.3 Å². The number of nitrogens with one attached hydrogen (secondary N) is 2. The minimum Gasteiger partial charge on any atom is -0.381 e. The van der Waals surface area contributed by atoms with Crippen LogP contribution in [0.15, 0.2) is 65.6 Å². The number of nitrogens with zero attached hydrogens (tertiary/aromatic N) is 5. The van der Waals surface area contributed by atoms with Crippen LogP contribution in [0.2, 0.25) is 0 Å². The fourth-order valence-corrected chi connectivity index (χ4v) is 6.92. The van der Waals surface area contributed by atoms with Crippen molar-refractivity contribution >= 4 is 28.4 Å². The molecule has 5 heterocycles. The van der Waals surface area contributed by atoms with Crippen LogP contribution in [0.1, 0.15) is 43.2 Å². The summed E-state index contributed by atoms with van der Waals surface area (Å²) in [5, 5.41) is 7.83. The first kappa shape index (κ1) is 28.0. The summed E-state index contributed by atoms with van der Waals surface area (Å²) in [6.07, 6.45) is 5.97. The number of anilines is 3. The van der Waals surface area contributed by atoms with Crippen molar-refractivity contribution in [2.24, 2.45) is 0 Å². The predicted molar refractivity (Wildman–Crippen MR) is 172 cm³/mol. The van der Waals surface area contributed by atoms with Crippen LogP contribution in [0.5, 0.6) is 0 Å². The van der Waals surface area contributed by atoms with Gasteiger partial charge in [-0.2, -0.15) is 4.98 Å². The van der Waals surface area contributed by atoms with Crippen LogP contribution < -0.4 is 16.2 Å². The number of benzene rings is 2. The van der Waals surface area contributed by atoms with Gasteiger partial charge >= 0.3 is 0 Å². The highest BCUT2D eigenvalue weighted by atomic mass is 16.5. The zero-order chi connectivity index (χ0) is 29.3. The van der Waals surface area contributed by atoms with E-state index in [-0.39, 0.29) is 11.6 Å². The van der Waals surface area contributed by atoms with Crippen LogP contribution in [0, 0.1) is 0 Å². The topological polar surface area (TPSA) is 87.6 Å². The molecule has 9 nitrogen and oxygen atoms in total. The summed E-state index contributed by atoms with van der Waals surface area (Å²) < 4.78 is 7.61. The van der Waals surface area contributed by atoms with Gasteiger partial charge in [0.2, 0.25) is 5.95 Å². The molecule has 0 saturated carbocycles. The lowest BCUT2D eigenvalue weighted by atomic mass is 9.84. The zero-order valence-corrected chi connectivity index (χ0v) is 25.1. The Balaban J connectivity index is 1.21. The maximum absolute atomic E-state index is 14.3. The number of piperidine rings is 1. The lowest BCUT2D eigenvalue weighted by Gasteiger charge is -2.30. The van der Waals surface area contributed by atoms with E-state index in [0.717, 1.165) is 79.8 Å². The highest BCUT2D eigenvalue weighted by Gasteiger charge is 2.27. The summed E-state index contributed by atoms with van der Waals surface area (Å²) in [5.41, 5.74) is 5.64. The summed E-state index contributed by atoms with van der Waals surface area (Å²) in [5.74, 6) is 0.909. The van der Waals surface area contributed by atoms with Crippen molar-refractivity contribution in [2.45, 2.75) is 43.7 Å². The Bertz CT molecular complexity index is 1640. The van der Waals surface area contributed by atoms with E-state index in [1.165, 1.54) is 5.56 Å². The van der Waals surface area contributed by atoms with E-state index >= 15 is 0 Å². The Kier molecular flexibility index (Phi) is 7.86. The standard InChI is InChI=1S/C34H41N7O2/c1-39-15-11-23(12-16-39)29-5-3-4-6-30(29)31-19-24-20-35-34(38-32(24)41(33(31)42)28-14-18-43-22-28)37-26-9-7-25(8-10-26)36-27-13-17-40(2)21-27/h3-10,19-20,23,27-28,36H,11-18,21-22H2,1-2H3,(H,35,37,38). The van der Waals surface area contributed by atoms with Gasteiger partial charge in [0, 0.05) is 47.7 Å². The molecule has 3 saturated heterocycles. The number of likely N-dealkylation sites (N-methyl/N-ethyl adjacent to an activating group) is 1. The van der Waals surface area contributed by atoms with Crippen molar-refractivity contribution < 1.29 is 4.74 Å². The van der Waals surface area contributed by atoms with Crippen LogP contribution in [-0.2, 0) is 4.74 Å². The Morgan fingerprint density at radius 2 is 1.65 bits per heavy atom. The Labute approximate surface area is 252 Å². The number of aromatic nitrogens is 3. The molecule has 2 aromatic carbocycles. The number of fused-ring (bicyclic) bond motifs is 1. The third-order valence-electron chi connectivity index (χ3n) is 9.36. The van der Waals surface area contributed by atoms with Gasteiger partial charge in [-0.05, 0) is 107 Å². The molecule has 2 unspecified atom stereocenters. The molecule has 7 rings (SSSR count). The van der Waals surface area contributed by atoms with Crippen molar-refractivity contribution in [2.75, 3.05) is 64.1 Å². The quantitative estimate of drug-likeness (QED) is 0.313. The molecule has 4 aromatic rings. The maximum Gasteiger partial charge on any atom is 0.260 e. The molecular formula is C34H41N7O2. The molecule has 2 aromatic heterocycles. The summed E-state index contributed by atoms with van der Waals surface area (Å²) in [6.45, 7) is 5.48. The SMILES string of the molecule is CN1CCC(c2ccccc2-c2cc3cnc(Nc4ccc(NC5CCN(C)C5)cc4)nc3n(C3CCOC3)c2=O)CC1. The third kappa shape index (κ3) is 5.89. The average molecular weight is 580 g/mol. The molecule has 0 radical (unpaired) electrons. The van der Waals surface area contributed by atoms with Gasteiger partial charge in [0.1, 0.15) is 5.65 Å². The molecule has 0 amide bonds. The average Bonchev–Trinajstić information content (AvgIpc) is 3.70. The number of ether oxygens (including phenoxy) is 1. The van der Waals surface area contributed by atoms with Gasteiger partial charge in [-0.25, -0.2) is 4.98 Å². The number of likely N-dealkylation sites (tertiary alicyclic amines) is 2. The van der Waals surface area contributed by atoms with E-state index < -0.39 is 0 Å². The second-order valence-corrected chi connectivity index (χ2v) is 12.5. The molecule has 224 valence electrons. The fourth-order valence-electron chi connectivity index (χ4n) is 6.92. The lowest BCUT2D eigenvalue weighted by molar-refractivity contribution is 0.186. The van der Waals surface area contributed by atoms with Crippen molar-refractivity contribution in [1.29, 1.82) is 0 Å². The summed E-state index contributed by atoms with van der Waals surface area (Å²) in [7, 11) is 4.34. The third-order valence-corrected chi connectivity index (χ3v) is 9.36. The maximum atomic E-state index is 14.3. The Morgan fingerprint density at radius 3 is 2.40 bits per heavy atom. The molecule has 0 aliphatic carbocycles. The van der Waals surface area contributed by atoms with Crippen molar-refractivity contribution in [1.82, 2.24) is 24.3 Å². The van der Waals surface area contributed by atoms with Crippen molar-refractivity contribution in [3.05, 3.63) is 76.7 Å². The smallest absolute Gasteiger partial charge is 0.260 e. The first-order chi connectivity index (χ1) is 21.0. The molecule has 43 heavy (non-hydrogen) atoms. The number of rotatable bonds is 7. The van der Waals surface area contributed by atoms with Crippen molar-refractivity contribution in [3.63, 3.8) is 0 Å².